The number of carbonyl (C=O) groups is 6. The average Bonchev–Trinajstić information content (AvgIpc) is 1.14. The van der Waals surface area contributed by atoms with Crippen LogP contribution in [0.4, 0.5) is 13.2 Å². The van der Waals surface area contributed by atoms with Crippen LogP contribution in [0.15, 0.2) is 98.1 Å². The Morgan fingerprint density at radius 2 is 0.870 bits per heavy atom. The molecule has 6 amide bonds. The number of nitrogens with two attached hydrogens (primary N) is 3. The molecule has 0 bridgehead atoms. The minimum absolute atomic E-state index is 0.0251. The number of fused-ring (bicyclic) bond motifs is 3. The van der Waals surface area contributed by atoms with Gasteiger partial charge in [0.05, 0.1) is 85.6 Å². The number of hydrogen-bond donors (Lipinski definition) is 6. The molecule has 0 saturated carbocycles. The van der Waals surface area contributed by atoms with Crippen LogP contribution >= 0.6 is 0 Å². The van der Waals surface area contributed by atoms with Gasteiger partial charge in [0.15, 0.2) is 18.5 Å². The summed E-state index contributed by atoms with van der Waals surface area (Å²) in [6.07, 6.45) is 9.25. The van der Waals surface area contributed by atoms with E-state index in [1.54, 1.807) is 67.3 Å². The van der Waals surface area contributed by atoms with Crippen LogP contribution < -0.4 is 61.6 Å². The van der Waals surface area contributed by atoms with Crippen molar-refractivity contribution in [1.29, 1.82) is 0 Å². The lowest BCUT2D eigenvalue weighted by Gasteiger charge is -2.19. The molecule has 3 saturated heterocycles. The highest BCUT2D eigenvalue weighted by atomic mass is 19.1. The number of methoxy groups -OCH3 is 3. The van der Waals surface area contributed by atoms with Gasteiger partial charge in [-0.2, -0.15) is 0 Å². The first-order valence-electron chi connectivity index (χ1n) is 31.6. The van der Waals surface area contributed by atoms with Crippen molar-refractivity contribution in [2.24, 2.45) is 35.0 Å². The molecule has 5 aromatic heterocycles. The van der Waals surface area contributed by atoms with Crippen LogP contribution in [0.25, 0.3) is 32.3 Å². The van der Waals surface area contributed by atoms with Gasteiger partial charge < -0.3 is 61.6 Å². The molecule has 100 heavy (non-hydrogen) atoms. The molecule has 9 N–H and O–H groups in total. The van der Waals surface area contributed by atoms with Crippen molar-refractivity contribution < 1.29 is 70.4 Å². The number of ether oxygens (including phenoxy) is 6. The number of primary amides is 3. The Labute approximate surface area is 573 Å². The van der Waals surface area contributed by atoms with Gasteiger partial charge in [-0.15, -0.1) is 0 Å². The van der Waals surface area contributed by atoms with Crippen LogP contribution in [0, 0.1) is 53.3 Å². The number of hydrogen-bond acceptors (Lipinski definition) is 19. The SMILES string of the molecule is CC[C@@H]1[C@H](F)C(=O)N[C@@H]1COc1ncc(C#CCN(C)C)c2cc(C(N)=O)c(OC)cc12.CC[C@@H]1[C@H](F)C(=O)N[C@@H]1COc1ncc(C#Cc2cccnc2)c2cc(C(N)=O)c(OC)cc12.CC[C@@H]1[C@H](F)C(=O)N[C@@H]1COc1ncc(C#Cc2cnccn2)c2cc(C(N)=O)c(OC)cc12. The van der Waals surface area contributed by atoms with Crippen molar-refractivity contribution in [3.8, 4) is 70.4 Å². The first kappa shape index (κ1) is 72.4. The van der Waals surface area contributed by atoms with Crippen LogP contribution in [0.3, 0.4) is 0 Å². The molecule has 28 heteroatoms. The van der Waals surface area contributed by atoms with Gasteiger partial charge in [0.2, 0.25) is 17.6 Å². The molecule has 3 aliphatic rings. The highest BCUT2D eigenvalue weighted by Gasteiger charge is 2.44. The quantitative estimate of drug-likeness (QED) is 0.0533. The zero-order chi connectivity index (χ0) is 71.9. The second-order valence-corrected chi connectivity index (χ2v) is 23.4. The van der Waals surface area contributed by atoms with E-state index in [1.807, 2.05) is 45.8 Å². The zero-order valence-corrected chi connectivity index (χ0v) is 55.8. The number of alkyl halides is 3. The summed E-state index contributed by atoms with van der Waals surface area (Å²) >= 11 is 0. The smallest absolute Gasteiger partial charge is 0.255 e. The van der Waals surface area contributed by atoms with Crippen LogP contribution in [0.2, 0.25) is 0 Å². The van der Waals surface area contributed by atoms with Crippen LogP contribution in [-0.2, 0) is 14.4 Å². The highest BCUT2D eigenvalue weighted by Crippen LogP contribution is 2.38. The number of nitrogens with one attached hydrogen (secondary N) is 3. The van der Waals surface area contributed by atoms with Crippen molar-refractivity contribution in [2.45, 2.75) is 76.7 Å². The topological polar surface area (TPSA) is 353 Å². The lowest BCUT2D eigenvalue weighted by atomic mass is 9.97. The van der Waals surface area contributed by atoms with Gasteiger partial charge >= 0.3 is 0 Å². The first-order chi connectivity index (χ1) is 48.1. The summed E-state index contributed by atoms with van der Waals surface area (Å²) in [5.41, 5.74) is 20.0. The van der Waals surface area contributed by atoms with E-state index in [0.717, 1.165) is 0 Å². The molecular formula is C72H72F3N13O12. The Morgan fingerprint density at radius 1 is 0.490 bits per heavy atom. The van der Waals surface area contributed by atoms with Crippen molar-refractivity contribution in [1.82, 2.24) is 50.8 Å². The predicted molar refractivity (Wildman–Crippen MR) is 362 cm³/mol. The van der Waals surface area contributed by atoms with Gasteiger partial charge in [0.1, 0.15) is 42.8 Å². The fourth-order valence-corrected chi connectivity index (χ4v) is 11.6. The fourth-order valence-electron chi connectivity index (χ4n) is 11.6. The molecule has 3 aromatic carbocycles. The van der Waals surface area contributed by atoms with E-state index >= 15 is 0 Å². The summed E-state index contributed by atoms with van der Waals surface area (Å²) < 4.78 is 76.1. The third kappa shape index (κ3) is 16.6. The Bertz CT molecular complexity index is 4410. The number of benzene rings is 3. The molecule has 11 rings (SSSR count). The van der Waals surface area contributed by atoms with Gasteiger partial charge in [0.25, 0.3) is 35.4 Å². The molecule has 0 spiro atoms. The second-order valence-electron chi connectivity index (χ2n) is 23.4. The molecule has 25 nitrogen and oxygen atoms in total. The second kappa shape index (κ2) is 32.9. The summed E-state index contributed by atoms with van der Waals surface area (Å²) in [5, 5.41) is 11.3. The Kier molecular flexibility index (Phi) is 23.9. The summed E-state index contributed by atoms with van der Waals surface area (Å²) in [6.45, 7) is 6.13. The van der Waals surface area contributed by atoms with E-state index in [9.17, 15) is 41.9 Å². The summed E-state index contributed by atoms with van der Waals surface area (Å²) in [7, 11) is 8.09. The van der Waals surface area contributed by atoms with Gasteiger partial charge in [-0.1, -0.05) is 50.4 Å². The lowest BCUT2D eigenvalue weighted by molar-refractivity contribution is -0.124. The monoisotopic (exact) mass is 1370 g/mol. The van der Waals surface area contributed by atoms with Gasteiger partial charge in [-0.05, 0) is 87.8 Å². The average molecular weight is 1370 g/mol. The van der Waals surface area contributed by atoms with Crippen LogP contribution in [-0.4, -0.2) is 169 Å². The minimum Gasteiger partial charge on any atom is -0.496 e. The molecule has 0 radical (unpaired) electrons. The summed E-state index contributed by atoms with van der Waals surface area (Å²) in [6, 6.07) is 11.7. The van der Waals surface area contributed by atoms with Gasteiger partial charge in [-0.25, -0.2) is 33.1 Å². The summed E-state index contributed by atoms with van der Waals surface area (Å²) in [5.74, 6) is 14.3. The number of aromatic nitrogens is 6. The molecule has 3 aliphatic heterocycles. The molecule has 0 unspecified atom stereocenters. The van der Waals surface area contributed by atoms with Gasteiger partial charge in [0, 0.05) is 99.0 Å². The molecule has 3 fully saturated rings. The number of rotatable bonds is 19. The molecular weight excluding hydrogens is 1300 g/mol. The zero-order valence-electron chi connectivity index (χ0n) is 55.8. The van der Waals surface area contributed by atoms with E-state index in [1.165, 1.54) is 46.1 Å². The number of nitrogens with zero attached hydrogens (tertiary/aromatic N) is 7. The molecule has 0 aliphatic carbocycles. The van der Waals surface area contributed by atoms with Crippen LogP contribution in [0.5, 0.6) is 34.9 Å². The molecule has 518 valence electrons. The van der Waals surface area contributed by atoms with Crippen molar-refractivity contribution in [2.75, 3.05) is 61.8 Å². The summed E-state index contributed by atoms with van der Waals surface area (Å²) in [4.78, 5) is 98.4. The molecule has 8 heterocycles. The largest absolute Gasteiger partial charge is 0.496 e. The van der Waals surface area contributed by atoms with E-state index in [4.69, 9.17) is 45.6 Å². The van der Waals surface area contributed by atoms with Crippen molar-refractivity contribution in [3.63, 3.8) is 0 Å². The third-order valence-corrected chi connectivity index (χ3v) is 16.8. The van der Waals surface area contributed by atoms with E-state index in [0.29, 0.717) is 86.1 Å². The predicted octanol–water partition coefficient (Wildman–Crippen LogP) is 5.65. The number of halogens is 3. The van der Waals surface area contributed by atoms with Gasteiger partial charge in [-0.3, -0.25) is 43.6 Å². The fraction of sp³-hybridized carbons (Fsp3) is 0.333. The standard InChI is InChI=1S/C25H23FN4O4.C24H22FN5O4.C23H27FN4O4/c1-3-16-20(30-24(32)22(16)26)13-34-25-18-10-21(33-2)19(23(27)31)9-17(18)15(12-29-25)7-6-14-5-4-8-28-11-14;1-3-15-19(30-23(32)21(15)25)12-34-24-17-9-20(33-2)18(22(26)31)8-16(17)13(10-29-24)4-5-14-11-27-6-7-28-14;1-5-14-18(27-22(30)20(14)24)12-32-23-16-10-19(31-4)17(21(25)29)9-15(16)13(11-26-23)7-6-8-28(2)3/h4-5,8-12,16,20,22H,3,13H2,1-2H3,(H2,27,31)(H,30,32);6-11,15,19,21H,3,12H2,1-2H3,(H2,26,31)(H,30,32);9-11,14,18,20H,5,8,12H2,1-4H3,(H2,25,29)(H,27,30)/t16-,20+,22-;15-,19+,21-;14-,18+,20-/m000/s1. The molecule has 9 atom stereocenters. The minimum atomic E-state index is -1.57. The maximum atomic E-state index is 14.1. The Morgan fingerprint density at radius 3 is 1.20 bits per heavy atom. The molecule has 8 aromatic rings. The highest BCUT2D eigenvalue weighted by molar-refractivity contribution is 6.05. The lowest BCUT2D eigenvalue weighted by Crippen LogP contribution is -2.34. The normalized spacial score (nSPS) is 19.5. The Hall–Kier alpha value is -11.8. The number of pyridine rings is 4. The maximum Gasteiger partial charge on any atom is 0.255 e. The third-order valence-electron chi connectivity index (χ3n) is 16.8. The maximum absolute atomic E-state index is 14.1. The van der Waals surface area contributed by atoms with E-state index in [-0.39, 0.29) is 71.4 Å². The first-order valence-corrected chi connectivity index (χ1v) is 31.6. The number of amides is 6. The van der Waals surface area contributed by atoms with Crippen molar-refractivity contribution in [3.05, 3.63) is 143 Å². The number of carbonyl (C=O) groups excluding carboxylic acids is 6. The van der Waals surface area contributed by atoms with E-state index in [2.05, 4.69) is 81.4 Å². The van der Waals surface area contributed by atoms with Crippen LogP contribution in [0.1, 0.15) is 99.1 Å². The van der Waals surface area contributed by atoms with Crippen molar-refractivity contribution >= 4 is 67.8 Å². The van der Waals surface area contributed by atoms with E-state index < -0.39 is 89.8 Å². The Balaban J connectivity index is 0.000000175.